The van der Waals surface area contributed by atoms with Crippen LogP contribution in [0, 0.1) is 5.92 Å². The van der Waals surface area contributed by atoms with E-state index in [2.05, 4.69) is 29.4 Å². The number of anilines is 1. The van der Waals surface area contributed by atoms with E-state index >= 15 is 0 Å². The van der Waals surface area contributed by atoms with Crippen LogP contribution in [0.3, 0.4) is 0 Å². The summed E-state index contributed by atoms with van der Waals surface area (Å²) in [5.41, 5.74) is 0.623. The van der Waals surface area contributed by atoms with E-state index in [9.17, 15) is 4.79 Å². The smallest absolute Gasteiger partial charge is 0.257 e. The Morgan fingerprint density at radius 3 is 2.67 bits per heavy atom. The number of nitrogens with one attached hydrogen (secondary N) is 1. The molecule has 0 atom stereocenters. The third kappa shape index (κ3) is 3.37. The van der Waals surface area contributed by atoms with Gasteiger partial charge >= 0.3 is 0 Å². The Hall–Kier alpha value is -1.75. The van der Waals surface area contributed by atoms with Crippen molar-refractivity contribution in [1.29, 1.82) is 0 Å². The Balaban J connectivity index is 2.01. The summed E-state index contributed by atoms with van der Waals surface area (Å²) in [6, 6.07) is 9.08. The van der Waals surface area contributed by atoms with E-state index in [1.807, 2.05) is 18.2 Å². The van der Waals surface area contributed by atoms with E-state index in [1.54, 1.807) is 12.1 Å². The van der Waals surface area contributed by atoms with Crippen molar-refractivity contribution in [2.24, 2.45) is 5.92 Å². The Kier molecular flexibility index (Phi) is 4.04. The summed E-state index contributed by atoms with van der Waals surface area (Å²) in [6.45, 7) is 4.26. The number of carbonyl (C=O) groups excluding carboxylic acids is 1. The lowest BCUT2D eigenvalue weighted by Crippen LogP contribution is -2.11. The highest BCUT2D eigenvalue weighted by Crippen LogP contribution is 2.18. The predicted octanol–water partition coefficient (Wildman–Crippen LogP) is 2.99. The van der Waals surface area contributed by atoms with Gasteiger partial charge < -0.3 is 0 Å². The lowest BCUT2D eigenvalue weighted by Gasteiger charge is -2.00. The molecule has 0 radical (unpaired) electrons. The number of carbonyl (C=O) groups is 1. The van der Waals surface area contributed by atoms with Crippen LogP contribution in [0.2, 0.25) is 0 Å². The standard InChI is InChI=1S/C13H15N3OS/c1-9(2)8-11-15-16-13(18-11)14-12(17)10-6-4-3-5-7-10/h3-7,9H,8H2,1-2H3,(H,14,16,17). The third-order valence-corrected chi connectivity index (χ3v) is 3.17. The molecule has 4 nitrogen and oxygen atoms in total. The number of nitrogens with zero attached hydrogens (tertiary/aromatic N) is 2. The van der Waals surface area contributed by atoms with Gasteiger partial charge in [-0.2, -0.15) is 0 Å². The van der Waals surface area contributed by atoms with Crippen LogP contribution in [0.5, 0.6) is 0 Å². The molecule has 1 aromatic carbocycles. The highest BCUT2D eigenvalue weighted by atomic mass is 32.1. The van der Waals surface area contributed by atoms with Gasteiger partial charge in [-0.3, -0.25) is 10.1 Å². The molecule has 0 spiro atoms. The number of amides is 1. The van der Waals surface area contributed by atoms with Crippen molar-refractivity contribution in [3.8, 4) is 0 Å². The zero-order chi connectivity index (χ0) is 13.0. The molecule has 5 heteroatoms. The van der Waals surface area contributed by atoms with Crippen LogP contribution in [0.1, 0.15) is 29.2 Å². The van der Waals surface area contributed by atoms with Gasteiger partial charge in [-0.15, -0.1) is 10.2 Å². The van der Waals surface area contributed by atoms with Crippen LogP contribution >= 0.6 is 11.3 Å². The SMILES string of the molecule is CC(C)Cc1nnc(NC(=O)c2ccccc2)s1. The van der Waals surface area contributed by atoms with Gasteiger partial charge in [0, 0.05) is 12.0 Å². The molecule has 1 amide bonds. The molecule has 0 aliphatic carbocycles. The first-order chi connectivity index (χ1) is 8.65. The third-order valence-electron chi connectivity index (χ3n) is 2.31. The van der Waals surface area contributed by atoms with Crippen LogP contribution in [-0.4, -0.2) is 16.1 Å². The molecule has 0 fully saturated rings. The molecule has 0 aliphatic rings. The van der Waals surface area contributed by atoms with Crippen molar-refractivity contribution >= 4 is 22.4 Å². The zero-order valence-corrected chi connectivity index (χ0v) is 11.2. The van der Waals surface area contributed by atoms with Gasteiger partial charge in [0.15, 0.2) is 0 Å². The summed E-state index contributed by atoms with van der Waals surface area (Å²) in [7, 11) is 0. The Morgan fingerprint density at radius 2 is 2.00 bits per heavy atom. The highest BCUT2D eigenvalue weighted by molar-refractivity contribution is 7.15. The maximum Gasteiger partial charge on any atom is 0.257 e. The van der Waals surface area contributed by atoms with Gasteiger partial charge in [-0.05, 0) is 18.1 Å². The van der Waals surface area contributed by atoms with E-state index in [-0.39, 0.29) is 5.91 Å². The average Bonchev–Trinajstić information content (AvgIpc) is 2.76. The molecule has 18 heavy (non-hydrogen) atoms. The Labute approximate surface area is 110 Å². The molecule has 0 saturated heterocycles. The van der Waals surface area contributed by atoms with Gasteiger partial charge in [0.05, 0.1) is 0 Å². The predicted molar refractivity (Wildman–Crippen MR) is 72.8 cm³/mol. The van der Waals surface area contributed by atoms with E-state index in [4.69, 9.17) is 0 Å². The number of hydrogen-bond donors (Lipinski definition) is 1. The van der Waals surface area contributed by atoms with E-state index < -0.39 is 0 Å². The van der Waals surface area contributed by atoms with Crippen molar-refractivity contribution in [2.75, 3.05) is 5.32 Å². The van der Waals surface area contributed by atoms with Crippen molar-refractivity contribution in [2.45, 2.75) is 20.3 Å². The fourth-order valence-corrected chi connectivity index (χ4v) is 2.44. The molecule has 0 bridgehead atoms. The van der Waals surface area contributed by atoms with Gasteiger partial charge in [-0.1, -0.05) is 43.4 Å². The fraction of sp³-hybridized carbons (Fsp3) is 0.308. The summed E-state index contributed by atoms with van der Waals surface area (Å²) in [4.78, 5) is 11.9. The molecular formula is C13H15N3OS. The molecule has 1 aromatic heterocycles. The largest absolute Gasteiger partial charge is 0.296 e. The molecule has 0 unspecified atom stereocenters. The van der Waals surface area contributed by atoms with Crippen molar-refractivity contribution in [3.05, 3.63) is 40.9 Å². The van der Waals surface area contributed by atoms with Gasteiger partial charge in [0.1, 0.15) is 5.01 Å². The van der Waals surface area contributed by atoms with Crippen molar-refractivity contribution < 1.29 is 4.79 Å². The zero-order valence-electron chi connectivity index (χ0n) is 10.4. The van der Waals surface area contributed by atoms with E-state index in [1.165, 1.54) is 11.3 Å². The topological polar surface area (TPSA) is 54.9 Å². The number of hydrogen-bond acceptors (Lipinski definition) is 4. The summed E-state index contributed by atoms with van der Waals surface area (Å²) in [5, 5.41) is 12.3. The Morgan fingerprint density at radius 1 is 1.28 bits per heavy atom. The number of aromatic nitrogens is 2. The van der Waals surface area contributed by atoms with Gasteiger partial charge in [-0.25, -0.2) is 0 Å². The second kappa shape index (κ2) is 5.73. The minimum Gasteiger partial charge on any atom is -0.296 e. The van der Waals surface area contributed by atoms with Crippen LogP contribution in [-0.2, 0) is 6.42 Å². The summed E-state index contributed by atoms with van der Waals surface area (Å²) < 4.78 is 0. The molecule has 0 saturated carbocycles. The minimum atomic E-state index is -0.150. The highest BCUT2D eigenvalue weighted by Gasteiger charge is 2.10. The fourth-order valence-electron chi connectivity index (χ4n) is 1.49. The molecular weight excluding hydrogens is 246 g/mol. The molecule has 94 valence electrons. The molecule has 0 aliphatic heterocycles. The monoisotopic (exact) mass is 261 g/mol. The summed E-state index contributed by atoms with van der Waals surface area (Å²) >= 11 is 1.43. The van der Waals surface area contributed by atoms with Crippen LogP contribution < -0.4 is 5.32 Å². The van der Waals surface area contributed by atoms with Crippen LogP contribution in [0.15, 0.2) is 30.3 Å². The lowest BCUT2D eigenvalue weighted by molar-refractivity contribution is 0.102. The van der Waals surface area contributed by atoms with Crippen LogP contribution in [0.25, 0.3) is 0 Å². The van der Waals surface area contributed by atoms with E-state index in [0.717, 1.165) is 11.4 Å². The second-order valence-electron chi connectivity index (χ2n) is 4.42. The van der Waals surface area contributed by atoms with Crippen LogP contribution in [0.4, 0.5) is 5.13 Å². The molecule has 1 heterocycles. The van der Waals surface area contributed by atoms with Gasteiger partial charge in [0.2, 0.25) is 5.13 Å². The second-order valence-corrected chi connectivity index (χ2v) is 5.48. The maximum atomic E-state index is 11.9. The number of rotatable bonds is 4. The molecule has 1 N–H and O–H groups in total. The summed E-state index contributed by atoms with van der Waals surface area (Å²) in [6.07, 6.45) is 0.888. The molecule has 2 aromatic rings. The first kappa shape index (κ1) is 12.7. The summed E-state index contributed by atoms with van der Waals surface area (Å²) in [5.74, 6) is 0.387. The average molecular weight is 261 g/mol. The Bertz CT molecular complexity index is 522. The first-order valence-electron chi connectivity index (χ1n) is 5.84. The minimum absolute atomic E-state index is 0.150. The first-order valence-corrected chi connectivity index (χ1v) is 6.65. The lowest BCUT2D eigenvalue weighted by atomic mass is 10.1. The number of benzene rings is 1. The van der Waals surface area contributed by atoms with E-state index in [0.29, 0.717) is 16.6 Å². The van der Waals surface area contributed by atoms with Crippen molar-refractivity contribution in [1.82, 2.24) is 10.2 Å². The van der Waals surface area contributed by atoms with Crippen molar-refractivity contribution in [3.63, 3.8) is 0 Å². The maximum absolute atomic E-state index is 11.9. The normalized spacial score (nSPS) is 10.6. The van der Waals surface area contributed by atoms with Gasteiger partial charge in [0.25, 0.3) is 5.91 Å². The molecule has 2 rings (SSSR count). The quantitative estimate of drug-likeness (QED) is 0.920.